The SMILES string of the molecule is Cc1ccc(C(c2[nH]c3ccccc3c2CCOC(=O)c2ccccc2)c2c(O)c3ccccc3n(C)c2=O)cc1. The highest BCUT2D eigenvalue weighted by Crippen LogP contribution is 2.41. The maximum atomic E-state index is 14.0. The van der Waals surface area contributed by atoms with Crippen molar-refractivity contribution in [2.45, 2.75) is 19.3 Å². The predicted octanol–water partition coefficient (Wildman–Crippen LogP) is 6.61. The summed E-state index contributed by atoms with van der Waals surface area (Å²) in [6.45, 7) is 2.17. The number of pyridine rings is 1. The highest BCUT2D eigenvalue weighted by molar-refractivity contribution is 5.90. The predicted molar refractivity (Wildman–Crippen MR) is 162 cm³/mol. The molecule has 6 rings (SSSR count). The van der Waals surface area contributed by atoms with E-state index in [-0.39, 0.29) is 23.9 Å². The van der Waals surface area contributed by atoms with E-state index >= 15 is 0 Å². The standard InChI is InChI=1S/C35H30N2O4/c1-22-16-18-23(19-17-22)30(31-33(38)27-13-7-9-15-29(27)37(2)34(31)39)32-26(25-12-6-8-14-28(25)36-32)20-21-41-35(40)24-10-4-3-5-11-24/h3-19,30,36,38H,20-21H2,1-2H3. The molecule has 0 radical (unpaired) electrons. The van der Waals surface area contributed by atoms with E-state index in [1.165, 1.54) is 0 Å². The number of ether oxygens (including phenoxy) is 1. The summed E-state index contributed by atoms with van der Waals surface area (Å²) in [6, 6.07) is 32.2. The molecule has 6 aromatic rings. The van der Waals surface area contributed by atoms with Crippen molar-refractivity contribution in [3.8, 4) is 5.75 Å². The topological polar surface area (TPSA) is 84.3 Å². The Morgan fingerprint density at radius 3 is 2.29 bits per heavy atom. The summed E-state index contributed by atoms with van der Waals surface area (Å²) in [4.78, 5) is 30.2. The molecule has 2 aromatic heterocycles. The van der Waals surface area contributed by atoms with Crippen molar-refractivity contribution in [2.24, 2.45) is 7.05 Å². The Balaban J connectivity index is 1.52. The van der Waals surface area contributed by atoms with Gasteiger partial charge in [-0.05, 0) is 48.4 Å². The number of nitrogens with zero attached hydrogens (tertiary/aromatic N) is 1. The molecule has 4 aromatic carbocycles. The van der Waals surface area contributed by atoms with E-state index < -0.39 is 5.92 Å². The molecule has 1 unspecified atom stereocenters. The Kier molecular flexibility index (Phi) is 6.89. The van der Waals surface area contributed by atoms with Crippen molar-refractivity contribution < 1.29 is 14.6 Å². The zero-order valence-corrected chi connectivity index (χ0v) is 22.9. The van der Waals surface area contributed by atoms with Crippen LogP contribution in [0.3, 0.4) is 0 Å². The Bertz CT molecular complexity index is 1940. The van der Waals surface area contributed by atoms with Crippen LogP contribution < -0.4 is 5.56 Å². The van der Waals surface area contributed by atoms with Gasteiger partial charge in [0.05, 0.1) is 29.2 Å². The van der Waals surface area contributed by atoms with Gasteiger partial charge >= 0.3 is 5.97 Å². The number of hydrogen-bond acceptors (Lipinski definition) is 4. The van der Waals surface area contributed by atoms with Gasteiger partial charge in [0.2, 0.25) is 0 Å². The third-order valence-electron chi connectivity index (χ3n) is 7.74. The fraction of sp³-hybridized carbons (Fsp3) is 0.143. The Labute approximate surface area is 237 Å². The van der Waals surface area contributed by atoms with Gasteiger partial charge in [-0.25, -0.2) is 4.79 Å². The smallest absolute Gasteiger partial charge is 0.338 e. The number of carbonyl (C=O) groups is 1. The Hall–Kier alpha value is -5.10. The van der Waals surface area contributed by atoms with Crippen LogP contribution in [0.4, 0.5) is 0 Å². The number of aryl methyl sites for hydroxylation is 2. The van der Waals surface area contributed by atoms with Gasteiger partial charge in [0.1, 0.15) is 5.75 Å². The molecule has 0 saturated heterocycles. The molecule has 0 bridgehead atoms. The van der Waals surface area contributed by atoms with Crippen LogP contribution in [-0.4, -0.2) is 27.2 Å². The van der Waals surface area contributed by atoms with Crippen molar-refractivity contribution in [1.82, 2.24) is 9.55 Å². The number of benzene rings is 4. The zero-order valence-electron chi connectivity index (χ0n) is 22.9. The lowest BCUT2D eigenvalue weighted by molar-refractivity contribution is 0.0509. The van der Waals surface area contributed by atoms with Gasteiger partial charge in [-0.1, -0.05) is 78.4 Å². The molecule has 6 heteroatoms. The van der Waals surface area contributed by atoms with Gasteiger partial charge in [-0.3, -0.25) is 4.79 Å². The number of aromatic hydroxyl groups is 1. The summed E-state index contributed by atoms with van der Waals surface area (Å²) >= 11 is 0. The van der Waals surface area contributed by atoms with Crippen LogP contribution in [0.1, 0.15) is 44.2 Å². The molecule has 0 amide bonds. The van der Waals surface area contributed by atoms with Crippen molar-refractivity contribution >= 4 is 27.8 Å². The third-order valence-corrected chi connectivity index (χ3v) is 7.74. The minimum absolute atomic E-state index is 0.0330. The number of aromatic nitrogens is 2. The highest BCUT2D eigenvalue weighted by Gasteiger charge is 2.30. The first-order valence-corrected chi connectivity index (χ1v) is 13.6. The van der Waals surface area contributed by atoms with Crippen LogP contribution in [0.25, 0.3) is 21.8 Å². The quantitative estimate of drug-likeness (QED) is 0.222. The number of fused-ring (bicyclic) bond motifs is 2. The van der Waals surface area contributed by atoms with Gasteiger partial charge in [0, 0.05) is 35.5 Å². The molecule has 0 aliphatic rings. The molecule has 0 fully saturated rings. The van der Waals surface area contributed by atoms with Crippen molar-refractivity contribution in [1.29, 1.82) is 0 Å². The lowest BCUT2D eigenvalue weighted by Gasteiger charge is -2.22. The lowest BCUT2D eigenvalue weighted by atomic mass is 9.85. The summed E-state index contributed by atoms with van der Waals surface area (Å²) in [5.74, 6) is -1.01. The van der Waals surface area contributed by atoms with Crippen LogP contribution in [0, 0.1) is 6.92 Å². The molecule has 2 heterocycles. The fourth-order valence-corrected chi connectivity index (χ4v) is 5.64. The maximum absolute atomic E-state index is 14.0. The largest absolute Gasteiger partial charge is 0.507 e. The maximum Gasteiger partial charge on any atom is 0.338 e. The number of nitrogens with one attached hydrogen (secondary N) is 1. The van der Waals surface area contributed by atoms with Crippen molar-refractivity contribution in [3.05, 3.63) is 147 Å². The van der Waals surface area contributed by atoms with Crippen molar-refractivity contribution in [2.75, 3.05) is 6.61 Å². The van der Waals surface area contributed by atoms with Gasteiger partial charge < -0.3 is 19.4 Å². The highest BCUT2D eigenvalue weighted by atomic mass is 16.5. The minimum Gasteiger partial charge on any atom is -0.507 e. The summed E-state index contributed by atoms with van der Waals surface area (Å²) < 4.78 is 7.26. The molecule has 1 atom stereocenters. The molecule has 0 aliphatic carbocycles. The van der Waals surface area contributed by atoms with Crippen LogP contribution in [-0.2, 0) is 18.2 Å². The molecule has 0 spiro atoms. The number of esters is 1. The summed E-state index contributed by atoms with van der Waals surface area (Å²) in [6.07, 6.45) is 0.426. The number of rotatable bonds is 7. The average Bonchev–Trinajstić information content (AvgIpc) is 3.37. The van der Waals surface area contributed by atoms with Crippen molar-refractivity contribution in [3.63, 3.8) is 0 Å². The van der Waals surface area contributed by atoms with Crippen LogP contribution >= 0.6 is 0 Å². The molecule has 204 valence electrons. The van der Waals surface area contributed by atoms with Crippen LogP contribution in [0.5, 0.6) is 5.75 Å². The second-order valence-corrected chi connectivity index (χ2v) is 10.3. The Morgan fingerprint density at radius 1 is 0.878 bits per heavy atom. The van der Waals surface area contributed by atoms with E-state index in [1.807, 2.05) is 85.8 Å². The van der Waals surface area contributed by atoms with E-state index in [2.05, 4.69) is 4.98 Å². The molecule has 41 heavy (non-hydrogen) atoms. The van der Waals surface area contributed by atoms with Gasteiger partial charge in [0.15, 0.2) is 0 Å². The van der Waals surface area contributed by atoms with Gasteiger partial charge in [0.25, 0.3) is 5.56 Å². The first kappa shape index (κ1) is 26.1. The number of para-hydroxylation sites is 2. The second-order valence-electron chi connectivity index (χ2n) is 10.3. The monoisotopic (exact) mass is 542 g/mol. The van der Waals surface area contributed by atoms with Gasteiger partial charge in [-0.2, -0.15) is 0 Å². The first-order valence-electron chi connectivity index (χ1n) is 13.6. The van der Waals surface area contributed by atoms with E-state index in [0.29, 0.717) is 28.5 Å². The van der Waals surface area contributed by atoms with E-state index in [9.17, 15) is 14.7 Å². The van der Waals surface area contributed by atoms with Crippen LogP contribution in [0.2, 0.25) is 0 Å². The molecular weight excluding hydrogens is 512 g/mol. The zero-order chi connectivity index (χ0) is 28.5. The fourth-order valence-electron chi connectivity index (χ4n) is 5.64. The number of hydrogen-bond donors (Lipinski definition) is 2. The summed E-state index contributed by atoms with van der Waals surface area (Å²) in [7, 11) is 1.73. The number of aromatic amines is 1. The van der Waals surface area contributed by atoms with E-state index in [1.54, 1.807) is 35.9 Å². The molecule has 6 nitrogen and oxygen atoms in total. The third kappa shape index (κ3) is 4.78. The first-order chi connectivity index (χ1) is 19.9. The van der Waals surface area contributed by atoms with Crippen LogP contribution in [0.15, 0.2) is 108 Å². The molecular formula is C35H30N2O4. The second kappa shape index (κ2) is 10.8. The average molecular weight is 543 g/mol. The number of H-pyrrole nitrogens is 1. The molecule has 2 N–H and O–H groups in total. The Morgan fingerprint density at radius 2 is 1.54 bits per heavy atom. The van der Waals surface area contributed by atoms with E-state index in [4.69, 9.17) is 4.74 Å². The van der Waals surface area contributed by atoms with Gasteiger partial charge in [-0.15, -0.1) is 0 Å². The van der Waals surface area contributed by atoms with E-state index in [0.717, 1.165) is 33.3 Å². The lowest BCUT2D eigenvalue weighted by Crippen LogP contribution is -2.25. The number of carbonyl (C=O) groups excluding carboxylic acids is 1. The minimum atomic E-state index is -0.592. The summed E-state index contributed by atoms with van der Waals surface area (Å²) in [5, 5.41) is 13.2. The summed E-state index contributed by atoms with van der Waals surface area (Å²) in [5.41, 5.74) is 5.76. The molecule has 0 saturated carbocycles. The molecule has 0 aliphatic heterocycles. The normalized spacial score (nSPS) is 12.0.